The maximum atomic E-state index is 13.7. The predicted octanol–water partition coefficient (Wildman–Crippen LogP) is 3.69. The van der Waals surface area contributed by atoms with Crippen molar-refractivity contribution >= 4 is 17.2 Å². The van der Waals surface area contributed by atoms with E-state index in [-0.39, 0.29) is 25.4 Å². The maximum Gasteiger partial charge on any atom is 0.253 e. The molecular formula is C21H25FN2O4S. The van der Waals surface area contributed by atoms with Crippen LogP contribution in [0.2, 0.25) is 0 Å². The Hall–Kier alpha value is -2.03. The highest BCUT2D eigenvalue weighted by Gasteiger charge is 2.52. The SMILES string of the molecule is Cc1cc(C(=O)N2CC[C@@]3(c4cscn4)OCO[C@H]3C2)ccc1OCC(C)(C)F. The molecule has 156 valence electrons. The number of aryl methyl sites for hydroxylation is 1. The molecule has 6 nitrogen and oxygen atoms in total. The number of piperidine rings is 1. The third-order valence-corrected chi connectivity index (χ3v) is 5.98. The predicted molar refractivity (Wildman–Crippen MR) is 107 cm³/mol. The van der Waals surface area contributed by atoms with E-state index in [1.165, 1.54) is 25.2 Å². The molecule has 2 aliphatic rings. The number of alkyl halides is 1. The van der Waals surface area contributed by atoms with Crippen molar-refractivity contribution < 1.29 is 23.4 Å². The monoisotopic (exact) mass is 420 g/mol. The van der Waals surface area contributed by atoms with Gasteiger partial charge in [0.15, 0.2) is 0 Å². The zero-order valence-electron chi connectivity index (χ0n) is 16.8. The number of nitrogens with zero attached hydrogens (tertiary/aromatic N) is 2. The lowest BCUT2D eigenvalue weighted by Gasteiger charge is -2.40. The van der Waals surface area contributed by atoms with Gasteiger partial charge in [-0.3, -0.25) is 4.79 Å². The Balaban J connectivity index is 1.46. The fraction of sp³-hybridized carbons (Fsp3) is 0.524. The quantitative estimate of drug-likeness (QED) is 0.738. The number of likely N-dealkylation sites (tertiary alicyclic amines) is 1. The molecule has 0 aliphatic carbocycles. The van der Waals surface area contributed by atoms with Crippen LogP contribution in [0, 0.1) is 6.92 Å². The number of ether oxygens (including phenoxy) is 3. The molecule has 4 rings (SSSR count). The van der Waals surface area contributed by atoms with Crippen molar-refractivity contribution in [3.63, 3.8) is 0 Å². The van der Waals surface area contributed by atoms with E-state index in [1.807, 2.05) is 12.3 Å². The summed E-state index contributed by atoms with van der Waals surface area (Å²) in [5.74, 6) is 0.522. The number of rotatable bonds is 5. The number of thiazole rings is 1. The van der Waals surface area contributed by atoms with E-state index in [4.69, 9.17) is 14.2 Å². The Labute approximate surface area is 173 Å². The van der Waals surface area contributed by atoms with Gasteiger partial charge in [0.25, 0.3) is 5.91 Å². The van der Waals surface area contributed by atoms with Crippen molar-refractivity contribution in [3.05, 3.63) is 45.9 Å². The van der Waals surface area contributed by atoms with Crippen LogP contribution in [0.25, 0.3) is 0 Å². The van der Waals surface area contributed by atoms with Gasteiger partial charge < -0.3 is 19.1 Å². The van der Waals surface area contributed by atoms with Crippen LogP contribution in [-0.4, -0.2) is 54.1 Å². The number of benzene rings is 1. The molecule has 2 aliphatic heterocycles. The Morgan fingerprint density at radius 3 is 3.00 bits per heavy atom. The summed E-state index contributed by atoms with van der Waals surface area (Å²) in [6.45, 7) is 5.97. The average molecular weight is 421 g/mol. The van der Waals surface area contributed by atoms with Gasteiger partial charge in [-0.2, -0.15) is 0 Å². The second-order valence-electron chi connectivity index (χ2n) is 8.17. The van der Waals surface area contributed by atoms with Crippen LogP contribution in [0.4, 0.5) is 4.39 Å². The molecule has 0 unspecified atom stereocenters. The van der Waals surface area contributed by atoms with Crippen LogP contribution < -0.4 is 4.74 Å². The first-order chi connectivity index (χ1) is 13.8. The Bertz CT molecular complexity index is 883. The minimum Gasteiger partial charge on any atom is -0.490 e. The molecule has 2 aromatic rings. The fourth-order valence-electron chi connectivity index (χ4n) is 3.82. The molecule has 0 spiro atoms. The first-order valence-corrected chi connectivity index (χ1v) is 10.6. The Morgan fingerprint density at radius 1 is 1.48 bits per heavy atom. The average Bonchev–Trinajstić information content (AvgIpc) is 3.35. The lowest BCUT2D eigenvalue weighted by molar-refractivity contribution is -0.0466. The summed E-state index contributed by atoms with van der Waals surface area (Å²) in [5.41, 5.74) is 2.07. The standard InChI is InChI=1S/C21H25FN2O4S/c1-14-8-15(4-5-16(14)26-11-20(2,3)22)19(25)24-7-6-21(17-10-29-12-23-17)18(9-24)27-13-28-21/h4-5,8,10,12,18H,6-7,9,11,13H2,1-3H3/t18-,21-/m0/s1. The summed E-state index contributed by atoms with van der Waals surface area (Å²) >= 11 is 1.53. The van der Waals surface area contributed by atoms with Gasteiger partial charge in [0.05, 0.1) is 17.7 Å². The highest BCUT2D eigenvalue weighted by Crippen LogP contribution is 2.42. The number of amides is 1. The van der Waals surface area contributed by atoms with Crippen LogP contribution >= 0.6 is 11.3 Å². The van der Waals surface area contributed by atoms with E-state index >= 15 is 0 Å². The molecule has 8 heteroatoms. The van der Waals surface area contributed by atoms with Crippen molar-refractivity contribution in [1.29, 1.82) is 0 Å². The maximum absolute atomic E-state index is 13.7. The highest BCUT2D eigenvalue weighted by atomic mass is 32.1. The number of carbonyl (C=O) groups is 1. The minimum absolute atomic E-state index is 0.0367. The van der Waals surface area contributed by atoms with E-state index in [2.05, 4.69) is 4.98 Å². The van der Waals surface area contributed by atoms with E-state index in [0.29, 0.717) is 30.8 Å². The Morgan fingerprint density at radius 2 is 2.31 bits per heavy atom. The van der Waals surface area contributed by atoms with Gasteiger partial charge in [-0.1, -0.05) is 0 Å². The molecule has 0 saturated carbocycles. The molecule has 1 aromatic heterocycles. The summed E-state index contributed by atoms with van der Waals surface area (Å²) in [4.78, 5) is 19.3. The van der Waals surface area contributed by atoms with E-state index in [0.717, 1.165) is 11.3 Å². The third kappa shape index (κ3) is 4.01. The van der Waals surface area contributed by atoms with Crippen LogP contribution in [0.1, 0.15) is 41.9 Å². The molecule has 29 heavy (non-hydrogen) atoms. The van der Waals surface area contributed by atoms with Gasteiger partial charge in [0.1, 0.15) is 36.5 Å². The molecule has 2 saturated heterocycles. The van der Waals surface area contributed by atoms with Gasteiger partial charge in [-0.05, 0) is 44.5 Å². The van der Waals surface area contributed by atoms with Crippen molar-refractivity contribution in [1.82, 2.24) is 9.88 Å². The molecule has 3 heterocycles. The molecular weight excluding hydrogens is 395 g/mol. The topological polar surface area (TPSA) is 60.9 Å². The molecule has 1 aromatic carbocycles. The highest BCUT2D eigenvalue weighted by molar-refractivity contribution is 7.07. The van der Waals surface area contributed by atoms with Gasteiger partial charge in [-0.25, -0.2) is 9.37 Å². The summed E-state index contributed by atoms with van der Waals surface area (Å²) in [6.07, 6.45) is 0.400. The van der Waals surface area contributed by atoms with Crippen LogP contribution in [-0.2, 0) is 15.1 Å². The second-order valence-corrected chi connectivity index (χ2v) is 8.89. The third-order valence-electron chi connectivity index (χ3n) is 5.39. The summed E-state index contributed by atoms with van der Waals surface area (Å²) in [7, 11) is 0. The van der Waals surface area contributed by atoms with E-state index < -0.39 is 11.3 Å². The van der Waals surface area contributed by atoms with Crippen molar-refractivity contribution in [2.75, 3.05) is 26.5 Å². The number of hydrogen-bond donors (Lipinski definition) is 0. The number of carbonyl (C=O) groups excluding carboxylic acids is 1. The summed E-state index contributed by atoms with van der Waals surface area (Å²) in [6, 6.07) is 5.24. The molecule has 1 amide bonds. The van der Waals surface area contributed by atoms with E-state index in [9.17, 15) is 9.18 Å². The molecule has 2 atom stereocenters. The van der Waals surface area contributed by atoms with Crippen LogP contribution in [0.15, 0.2) is 29.1 Å². The smallest absolute Gasteiger partial charge is 0.253 e. The number of hydrogen-bond acceptors (Lipinski definition) is 6. The molecule has 0 bridgehead atoms. The minimum atomic E-state index is -1.41. The number of fused-ring (bicyclic) bond motifs is 1. The molecule has 0 N–H and O–H groups in total. The van der Waals surface area contributed by atoms with Crippen molar-refractivity contribution in [2.24, 2.45) is 0 Å². The normalized spacial score (nSPS) is 24.4. The fourth-order valence-corrected chi connectivity index (χ4v) is 4.45. The number of halogens is 1. The van der Waals surface area contributed by atoms with Gasteiger partial charge in [0.2, 0.25) is 0 Å². The summed E-state index contributed by atoms with van der Waals surface area (Å²) in [5, 5.41) is 1.99. The van der Waals surface area contributed by atoms with E-state index in [1.54, 1.807) is 28.6 Å². The molecule has 0 radical (unpaired) electrons. The first-order valence-electron chi connectivity index (χ1n) is 9.64. The van der Waals surface area contributed by atoms with Gasteiger partial charge >= 0.3 is 0 Å². The largest absolute Gasteiger partial charge is 0.490 e. The van der Waals surface area contributed by atoms with Crippen LogP contribution in [0.5, 0.6) is 5.75 Å². The lowest BCUT2D eigenvalue weighted by Crippen LogP contribution is -2.53. The number of aromatic nitrogens is 1. The first kappa shape index (κ1) is 20.3. The zero-order chi connectivity index (χ0) is 20.6. The van der Waals surface area contributed by atoms with Crippen LogP contribution in [0.3, 0.4) is 0 Å². The zero-order valence-corrected chi connectivity index (χ0v) is 17.6. The summed E-state index contributed by atoms with van der Waals surface area (Å²) < 4.78 is 31.0. The van der Waals surface area contributed by atoms with Gasteiger partial charge in [-0.15, -0.1) is 11.3 Å². The Kier molecular flexibility index (Phi) is 5.35. The van der Waals surface area contributed by atoms with Gasteiger partial charge in [0, 0.05) is 23.9 Å². The van der Waals surface area contributed by atoms with Crippen molar-refractivity contribution in [2.45, 2.75) is 44.6 Å². The lowest BCUT2D eigenvalue weighted by atomic mass is 9.86. The molecule has 2 fully saturated rings. The second kappa shape index (κ2) is 7.66. The van der Waals surface area contributed by atoms with Crippen molar-refractivity contribution in [3.8, 4) is 5.75 Å².